The highest BCUT2D eigenvalue weighted by Gasteiger charge is 2.18. The molecule has 2 aromatic rings. The van der Waals surface area contributed by atoms with Gasteiger partial charge in [0.1, 0.15) is 4.90 Å². The van der Waals surface area contributed by atoms with Crippen LogP contribution in [-0.2, 0) is 10.1 Å². The Labute approximate surface area is 142 Å². The summed E-state index contributed by atoms with van der Waals surface area (Å²) in [6.45, 7) is 1.88. The van der Waals surface area contributed by atoms with E-state index in [1.54, 1.807) is 24.3 Å². The van der Waals surface area contributed by atoms with Crippen molar-refractivity contribution in [1.82, 2.24) is 4.90 Å². The van der Waals surface area contributed by atoms with E-state index >= 15 is 0 Å². The minimum Gasteiger partial charge on any atom is -0.421 e. The van der Waals surface area contributed by atoms with E-state index in [1.807, 2.05) is 33.0 Å². The summed E-state index contributed by atoms with van der Waals surface area (Å²) >= 11 is 0. The number of ether oxygens (including phenoxy) is 1. The highest BCUT2D eigenvalue weighted by molar-refractivity contribution is 7.86. The lowest BCUT2D eigenvalue weighted by molar-refractivity contribution is 0.0730. The second kappa shape index (κ2) is 8.58. The number of aryl methyl sites for hydroxylation is 1. The van der Waals surface area contributed by atoms with E-state index in [2.05, 4.69) is 0 Å². The van der Waals surface area contributed by atoms with Crippen LogP contribution in [0.1, 0.15) is 15.9 Å². The van der Waals surface area contributed by atoms with Gasteiger partial charge < -0.3 is 9.64 Å². The number of hydrogen-bond donors (Lipinski definition) is 1. The molecular weight excluding hydrogens is 330 g/mol. The smallest absolute Gasteiger partial charge is 0.343 e. The number of carbonyl (C=O) groups excluding carboxylic acids is 1. The summed E-state index contributed by atoms with van der Waals surface area (Å²) in [4.78, 5) is 13.5. The molecule has 0 saturated carbocycles. The molecule has 0 aromatic heterocycles. The fourth-order valence-corrected chi connectivity index (χ4v) is 2.21. The van der Waals surface area contributed by atoms with E-state index in [-0.39, 0.29) is 5.75 Å². The van der Waals surface area contributed by atoms with Crippen LogP contribution in [0.5, 0.6) is 5.75 Å². The Morgan fingerprint density at radius 3 is 2.00 bits per heavy atom. The van der Waals surface area contributed by atoms with Crippen LogP contribution in [0.3, 0.4) is 0 Å². The Morgan fingerprint density at radius 2 is 1.50 bits per heavy atom. The number of rotatable bonds is 3. The van der Waals surface area contributed by atoms with Gasteiger partial charge in [-0.05, 0) is 52.3 Å². The molecule has 0 atom stereocenters. The Balaban J connectivity index is 0.000000648. The molecular formula is C17H21NO5S. The van der Waals surface area contributed by atoms with Gasteiger partial charge >= 0.3 is 5.97 Å². The molecule has 0 radical (unpaired) electrons. The normalized spacial score (nSPS) is 10.8. The molecule has 0 unspecified atom stereocenters. The molecule has 1 N–H and O–H groups in total. The van der Waals surface area contributed by atoms with Crippen molar-refractivity contribution in [2.75, 3.05) is 21.1 Å². The summed E-state index contributed by atoms with van der Waals surface area (Å²) in [7, 11) is 1.55. The molecule has 24 heavy (non-hydrogen) atoms. The van der Waals surface area contributed by atoms with Crippen LogP contribution >= 0.6 is 0 Å². The van der Waals surface area contributed by atoms with Crippen LogP contribution in [0.2, 0.25) is 0 Å². The average molecular weight is 351 g/mol. The van der Waals surface area contributed by atoms with Crippen LogP contribution in [0.4, 0.5) is 0 Å². The average Bonchev–Trinajstić information content (AvgIpc) is 2.46. The molecule has 0 saturated heterocycles. The lowest BCUT2D eigenvalue weighted by Gasteiger charge is -2.08. The van der Waals surface area contributed by atoms with Gasteiger partial charge in [0.15, 0.2) is 5.75 Å². The summed E-state index contributed by atoms with van der Waals surface area (Å²) in [6, 6.07) is 12.0. The lowest BCUT2D eigenvalue weighted by atomic mass is 10.1. The largest absolute Gasteiger partial charge is 0.421 e. The van der Waals surface area contributed by atoms with Crippen LogP contribution in [0.15, 0.2) is 53.4 Å². The molecule has 0 fully saturated rings. The first kappa shape index (κ1) is 19.8. The van der Waals surface area contributed by atoms with Gasteiger partial charge in [0.2, 0.25) is 0 Å². The van der Waals surface area contributed by atoms with Crippen molar-refractivity contribution in [3.8, 4) is 5.75 Å². The minimum atomic E-state index is -4.45. The monoisotopic (exact) mass is 351 g/mol. The second-order valence-electron chi connectivity index (χ2n) is 5.52. The van der Waals surface area contributed by atoms with Crippen molar-refractivity contribution in [1.29, 1.82) is 0 Å². The van der Waals surface area contributed by atoms with Crippen molar-refractivity contribution in [2.24, 2.45) is 0 Å². The van der Waals surface area contributed by atoms with Crippen LogP contribution in [0, 0.1) is 6.92 Å². The van der Waals surface area contributed by atoms with Crippen molar-refractivity contribution in [2.45, 2.75) is 11.8 Å². The van der Waals surface area contributed by atoms with Crippen LogP contribution in [0.25, 0.3) is 0 Å². The van der Waals surface area contributed by atoms with Gasteiger partial charge in [0, 0.05) is 0 Å². The van der Waals surface area contributed by atoms with E-state index < -0.39 is 21.0 Å². The molecule has 0 spiro atoms. The highest BCUT2D eigenvalue weighted by Crippen LogP contribution is 2.23. The van der Waals surface area contributed by atoms with E-state index in [0.29, 0.717) is 5.56 Å². The third kappa shape index (κ3) is 6.49. The standard InChI is InChI=1S/C14H12O5S.C3H9N/c1-10-6-8-11(9-7-10)14(15)19-12-4-2-3-5-13(12)20(16,17)18;1-4(2)3/h2-9H,1H3,(H,16,17,18);1-3H3. The Hall–Kier alpha value is -2.22. The highest BCUT2D eigenvalue weighted by atomic mass is 32.2. The number of hydrogen-bond acceptors (Lipinski definition) is 5. The summed E-state index contributed by atoms with van der Waals surface area (Å²) < 4.78 is 36.5. The number of carbonyl (C=O) groups is 1. The summed E-state index contributed by atoms with van der Waals surface area (Å²) in [5.41, 5.74) is 1.28. The Kier molecular flexibility index (Phi) is 7.09. The Bertz CT molecular complexity index is 780. The molecule has 0 aliphatic heterocycles. The van der Waals surface area contributed by atoms with Gasteiger partial charge in [-0.1, -0.05) is 29.8 Å². The number of nitrogens with zero attached hydrogens (tertiary/aromatic N) is 1. The van der Waals surface area contributed by atoms with E-state index in [9.17, 15) is 13.2 Å². The molecule has 7 heteroatoms. The number of benzene rings is 2. The van der Waals surface area contributed by atoms with Gasteiger partial charge in [0.05, 0.1) is 5.56 Å². The number of para-hydroxylation sites is 1. The zero-order valence-corrected chi connectivity index (χ0v) is 14.9. The van der Waals surface area contributed by atoms with E-state index in [1.165, 1.54) is 18.2 Å². The third-order valence-electron chi connectivity index (χ3n) is 2.62. The van der Waals surface area contributed by atoms with Gasteiger partial charge in [-0.2, -0.15) is 8.42 Å². The SMILES string of the molecule is CN(C)C.Cc1ccc(C(=O)Oc2ccccc2S(=O)(=O)O)cc1. The zero-order valence-electron chi connectivity index (χ0n) is 14.1. The summed E-state index contributed by atoms with van der Waals surface area (Å²) in [5.74, 6) is -0.901. The lowest BCUT2D eigenvalue weighted by Crippen LogP contribution is -2.11. The first-order valence-electron chi connectivity index (χ1n) is 7.07. The van der Waals surface area contributed by atoms with Gasteiger partial charge in [-0.15, -0.1) is 0 Å². The fraction of sp³-hybridized carbons (Fsp3) is 0.235. The molecule has 2 aromatic carbocycles. The molecule has 2 rings (SSSR count). The summed E-state index contributed by atoms with van der Waals surface area (Å²) in [6.07, 6.45) is 0. The number of esters is 1. The maximum atomic E-state index is 11.9. The van der Waals surface area contributed by atoms with Crippen molar-refractivity contribution < 1.29 is 22.5 Å². The predicted octanol–water partition coefficient (Wildman–Crippen LogP) is 2.64. The molecule has 130 valence electrons. The van der Waals surface area contributed by atoms with E-state index in [0.717, 1.165) is 11.6 Å². The molecule has 0 amide bonds. The molecule has 0 heterocycles. The van der Waals surface area contributed by atoms with Crippen molar-refractivity contribution in [3.63, 3.8) is 0 Å². The quantitative estimate of drug-likeness (QED) is 0.520. The third-order valence-corrected chi connectivity index (χ3v) is 3.51. The zero-order chi connectivity index (χ0) is 18.3. The van der Waals surface area contributed by atoms with E-state index in [4.69, 9.17) is 9.29 Å². The maximum absolute atomic E-state index is 11.9. The van der Waals surface area contributed by atoms with Crippen molar-refractivity contribution in [3.05, 3.63) is 59.7 Å². The van der Waals surface area contributed by atoms with Crippen LogP contribution < -0.4 is 4.74 Å². The second-order valence-corrected chi connectivity index (χ2v) is 6.91. The maximum Gasteiger partial charge on any atom is 0.343 e. The van der Waals surface area contributed by atoms with Gasteiger partial charge in [0.25, 0.3) is 10.1 Å². The topological polar surface area (TPSA) is 83.9 Å². The van der Waals surface area contributed by atoms with Gasteiger partial charge in [-0.25, -0.2) is 4.79 Å². The Morgan fingerprint density at radius 1 is 1.00 bits per heavy atom. The van der Waals surface area contributed by atoms with Crippen LogP contribution in [-0.4, -0.2) is 45.0 Å². The molecule has 0 aliphatic rings. The minimum absolute atomic E-state index is 0.208. The van der Waals surface area contributed by atoms with Crippen molar-refractivity contribution >= 4 is 16.1 Å². The predicted molar refractivity (Wildman–Crippen MR) is 92.0 cm³/mol. The fourth-order valence-electron chi connectivity index (χ4n) is 1.60. The molecule has 6 nitrogen and oxygen atoms in total. The molecule has 0 aliphatic carbocycles. The first-order valence-corrected chi connectivity index (χ1v) is 8.51. The summed E-state index contributed by atoms with van der Waals surface area (Å²) in [5, 5.41) is 0. The first-order chi connectivity index (χ1) is 11.1. The van der Waals surface area contributed by atoms with Gasteiger partial charge in [-0.3, -0.25) is 4.55 Å². The molecule has 0 bridgehead atoms.